The molecule has 0 aromatic rings. The fourth-order valence-corrected chi connectivity index (χ4v) is 5.98. The number of aliphatic hydroxyl groups is 1. The highest BCUT2D eigenvalue weighted by molar-refractivity contribution is 7.99. The van der Waals surface area contributed by atoms with Gasteiger partial charge < -0.3 is 14.7 Å². The number of thioether (sulfide) groups is 1. The summed E-state index contributed by atoms with van der Waals surface area (Å²) in [5.74, 6) is 0.200. The number of likely N-dealkylation sites (N-methyl/N-ethyl adjacent to an activating group) is 1. The standard InChI is InChI=1S/C15H25NO6S2/c1-3-16(12-4-9-24(20,21)10-12)13(17)11(2)22-14(18)15(19)5-7-23-8-6-15/h11-12,19H,3-10H2,1-2H3/t11-,12-/m1/s1. The van der Waals surface area contributed by atoms with Crippen molar-refractivity contribution in [1.82, 2.24) is 4.90 Å². The average molecular weight is 380 g/mol. The third-order valence-electron chi connectivity index (χ3n) is 4.60. The van der Waals surface area contributed by atoms with E-state index in [4.69, 9.17) is 4.74 Å². The average Bonchev–Trinajstić information content (AvgIpc) is 2.88. The van der Waals surface area contributed by atoms with Gasteiger partial charge >= 0.3 is 5.97 Å². The molecule has 9 heteroatoms. The summed E-state index contributed by atoms with van der Waals surface area (Å²) in [7, 11) is -3.10. The Morgan fingerprint density at radius 1 is 1.38 bits per heavy atom. The maximum Gasteiger partial charge on any atom is 0.338 e. The number of carbonyl (C=O) groups excluding carboxylic acids is 2. The summed E-state index contributed by atoms with van der Waals surface area (Å²) in [4.78, 5) is 26.2. The Morgan fingerprint density at radius 2 is 2.00 bits per heavy atom. The minimum Gasteiger partial charge on any atom is -0.450 e. The summed E-state index contributed by atoms with van der Waals surface area (Å²) in [5, 5.41) is 10.4. The molecule has 0 aromatic heterocycles. The van der Waals surface area contributed by atoms with E-state index in [0.29, 0.717) is 37.3 Å². The number of hydrogen-bond acceptors (Lipinski definition) is 7. The van der Waals surface area contributed by atoms with Crippen LogP contribution in [0.15, 0.2) is 0 Å². The molecule has 2 rings (SSSR count). The summed E-state index contributed by atoms with van der Waals surface area (Å²) in [6, 6.07) is -0.372. The van der Waals surface area contributed by atoms with Crippen LogP contribution in [0, 0.1) is 0 Å². The van der Waals surface area contributed by atoms with Gasteiger partial charge in [-0.3, -0.25) is 4.79 Å². The van der Waals surface area contributed by atoms with E-state index in [2.05, 4.69) is 0 Å². The molecule has 7 nitrogen and oxygen atoms in total. The SMILES string of the molecule is CCN(C(=O)[C@@H](C)OC(=O)C1(O)CCSCC1)[C@@H]1CCS(=O)(=O)C1. The van der Waals surface area contributed by atoms with Gasteiger partial charge in [0.05, 0.1) is 11.5 Å². The number of ether oxygens (including phenoxy) is 1. The van der Waals surface area contributed by atoms with Crippen molar-refractivity contribution in [2.75, 3.05) is 29.6 Å². The molecule has 1 N–H and O–H groups in total. The van der Waals surface area contributed by atoms with E-state index in [1.165, 1.54) is 11.8 Å². The number of sulfone groups is 1. The van der Waals surface area contributed by atoms with Crippen molar-refractivity contribution >= 4 is 33.5 Å². The molecule has 0 saturated carbocycles. The molecule has 0 radical (unpaired) electrons. The van der Waals surface area contributed by atoms with E-state index in [0.717, 1.165) is 0 Å². The first-order valence-corrected chi connectivity index (χ1v) is 11.2. The van der Waals surface area contributed by atoms with Crippen LogP contribution in [0.5, 0.6) is 0 Å². The van der Waals surface area contributed by atoms with Gasteiger partial charge in [-0.2, -0.15) is 11.8 Å². The quantitative estimate of drug-likeness (QED) is 0.682. The molecule has 2 heterocycles. The van der Waals surface area contributed by atoms with Gasteiger partial charge in [0.1, 0.15) is 0 Å². The number of amides is 1. The Bertz CT molecular complexity index is 585. The number of hydrogen-bond donors (Lipinski definition) is 1. The lowest BCUT2D eigenvalue weighted by atomic mass is 9.97. The molecule has 138 valence electrons. The Kier molecular flexibility index (Phi) is 6.19. The van der Waals surface area contributed by atoms with E-state index in [1.807, 2.05) is 0 Å². The highest BCUT2D eigenvalue weighted by Crippen LogP contribution is 2.28. The molecule has 24 heavy (non-hydrogen) atoms. The van der Waals surface area contributed by atoms with Crippen LogP contribution in [-0.4, -0.2) is 77.6 Å². The first-order chi connectivity index (χ1) is 11.2. The minimum absolute atomic E-state index is 0.0472. The number of rotatable bonds is 5. The van der Waals surface area contributed by atoms with Gasteiger partial charge in [0.15, 0.2) is 21.5 Å². The van der Waals surface area contributed by atoms with Crippen LogP contribution in [0.3, 0.4) is 0 Å². The molecule has 0 bridgehead atoms. The summed E-state index contributed by atoms with van der Waals surface area (Å²) >= 11 is 1.67. The first-order valence-electron chi connectivity index (χ1n) is 8.20. The van der Waals surface area contributed by atoms with Crippen LogP contribution in [0.1, 0.15) is 33.1 Å². The van der Waals surface area contributed by atoms with E-state index >= 15 is 0 Å². The van der Waals surface area contributed by atoms with Gasteiger partial charge in [-0.05, 0) is 44.6 Å². The summed E-state index contributed by atoms with van der Waals surface area (Å²) in [5.41, 5.74) is -1.52. The molecule has 0 unspecified atom stereocenters. The largest absolute Gasteiger partial charge is 0.450 e. The van der Waals surface area contributed by atoms with Crippen molar-refractivity contribution in [2.45, 2.75) is 50.9 Å². The van der Waals surface area contributed by atoms with Crippen LogP contribution in [0.25, 0.3) is 0 Å². The van der Waals surface area contributed by atoms with Crippen LogP contribution in [0.2, 0.25) is 0 Å². The van der Waals surface area contributed by atoms with Gasteiger partial charge in [0.25, 0.3) is 5.91 Å². The molecular weight excluding hydrogens is 354 g/mol. The van der Waals surface area contributed by atoms with Crippen LogP contribution in [-0.2, 0) is 24.2 Å². The van der Waals surface area contributed by atoms with Gasteiger partial charge in [0, 0.05) is 12.6 Å². The highest BCUT2D eigenvalue weighted by Gasteiger charge is 2.42. The zero-order chi connectivity index (χ0) is 18.0. The van der Waals surface area contributed by atoms with Crippen molar-refractivity contribution in [1.29, 1.82) is 0 Å². The summed E-state index contributed by atoms with van der Waals surface area (Å²) in [6.45, 7) is 3.58. The second kappa shape index (κ2) is 7.61. The summed E-state index contributed by atoms with van der Waals surface area (Å²) in [6.07, 6.45) is -0.00527. The van der Waals surface area contributed by atoms with Crippen molar-refractivity contribution < 1.29 is 27.9 Å². The highest BCUT2D eigenvalue weighted by atomic mass is 32.2. The number of carbonyl (C=O) groups is 2. The molecular formula is C15H25NO6S2. The Labute approximate surface area is 147 Å². The predicted molar refractivity (Wildman–Crippen MR) is 91.5 cm³/mol. The smallest absolute Gasteiger partial charge is 0.338 e. The fourth-order valence-electron chi connectivity index (χ4n) is 3.08. The molecule has 0 spiro atoms. The Morgan fingerprint density at radius 3 is 2.50 bits per heavy atom. The lowest BCUT2D eigenvalue weighted by Gasteiger charge is -2.32. The maximum absolute atomic E-state index is 12.6. The molecule has 2 aliphatic rings. The second-order valence-corrected chi connectivity index (χ2v) is 9.83. The molecule has 2 atom stereocenters. The van der Waals surface area contributed by atoms with Gasteiger partial charge in [0.2, 0.25) is 0 Å². The topological polar surface area (TPSA) is 101 Å². The van der Waals surface area contributed by atoms with E-state index in [9.17, 15) is 23.1 Å². The van der Waals surface area contributed by atoms with Crippen molar-refractivity contribution in [3.63, 3.8) is 0 Å². The predicted octanol–water partition coefficient (Wildman–Crippen LogP) is 0.212. The molecule has 2 saturated heterocycles. The van der Waals surface area contributed by atoms with Crippen LogP contribution in [0.4, 0.5) is 0 Å². The van der Waals surface area contributed by atoms with E-state index in [1.54, 1.807) is 18.7 Å². The molecule has 2 aliphatic heterocycles. The van der Waals surface area contributed by atoms with E-state index < -0.39 is 33.4 Å². The minimum atomic E-state index is -3.10. The van der Waals surface area contributed by atoms with Gasteiger partial charge in [-0.1, -0.05) is 0 Å². The van der Waals surface area contributed by atoms with Crippen molar-refractivity contribution in [3.8, 4) is 0 Å². The van der Waals surface area contributed by atoms with Crippen molar-refractivity contribution in [2.24, 2.45) is 0 Å². The van der Waals surface area contributed by atoms with Crippen LogP contribution >= 0.6 is 11.8 Å². The fraction of sp³-hybridized carbons (Fsp3) is 0.867. The lowest BCUT2D eigenvalue weighted by molar-refractivity contribution is -0.176. The van der Waals surface area contributed by atoms with Crippen LogP contribution < -0.4 is 0 Å². The summed E-state index contributed by atoms with van der Waals surface area (Å²) < 4.78 is 28.5. The molecule has 0 aliphatic carbocycles. The van der Waals surface area contributed by atoms with Gasteiger partial charge in [-0.15, -0.1) is 0 Å². The zero-order valence-corrected chi connectivity index (χ0v) is 15.7. The van der Waals surface area contributed by atoms with Gasteiger partial charge in [-0.25, -0.2) is 13.2 Å². The molecule has 2 fully saturated rings. The Hall–Kier alpha value is -0.800. The monoisotopic (exact) mass is 379 g/mol. The maximum atomic E-state index is 12.6. The first kappa shape index (κ1) is 19.5. The second-order valence-electron chi connectivity index (χ2n) is 6.37. The number of nitrogens with zero attached hydrogens (tertiary/aromatic N) is 1. The zero-order valence-electron chi connectivity index (χ0n) is 14.1. The molecule has 0 aromatic carbocycles. The van der Waals surface area contributed by atoms with E-state index in [-0.39, 0.29) is 17.5 Å². The lowest BCUT2D eigenvalue weighted by Crippen LogP contribution is -2.49. The third kappa shape index (κ3) is 4.43. The normalized spacial score (nSPS) is 26.5. The molecule has 1 amide bonds. The Balaban J connectivity index is 1.98. The number of esters is 1. The van der Waals surface area contributed by atoms with Crippen molar-refractivity contribution in [3.05, 3.63) is 0 Å². The third-order valence-corrected chi connectivity index (χ3v) is 7.34.